The van der Waals surface area contributed by atoms with Crippen molar-refractivity contribution in [3.63, 3.8) is 0 Å². The molecular weight excluding hydrogens is 418 g/mol. The van der Waals surface area contributed by atoms with Crippen LogP contribution in [0.15, 0.2) is 65.5 Å². The Morgan fingerprint density at radius 3 is 2.28 bits per heavy atom. The lowest BCUT2D eigenvalue weighted by Crippen LogP contribution is -2.29. The molecule has 0 unspecified atom stereocenters. The van der Waals surface area contributed by atoms with Gasteiger partial charge < -0.3 is 19.6 Å². The Bertz CT molecular complexity index is 1260. The third-order valence-electron chi connectivity index (χ3n) is 4.97. The minimum atomic E-state index is -1.01. The first-order valence-corrected chi connectivity index (χ1v) is 9.91. The number of halogens is 2. The SMILES string of the molecule is CC(C)[C@H](C(=O)Nc1ccc(NC(=O)c2ccco2)cc1)n1cnc2cc(F)c(F)cc21. The molecule has 0 aliphatic rings. The first kappa shape index (κ1) is 21.2. The van der Waals surface area contributed by atoms with Gasteiger partial charge in [0.25, 0.3) is 5.91 Å². The van der Waals surface area contributed by atoms with Crippen molar-refractivity contribution in [2.24, 2.45) is 5.92 Å². The zero-order valence-corrected chi connectivity index (χ0v) is 17.3. The van der Waals surface area contributed by atoms with Crippen LogP contribution in [-0.4, -0.2) is 21.4 Å². The van der Waals surface area contributed by atoms with Gasteiger partial charge >= 0.3 is 0 Å². The van der Waals surface area contributed by atoms with Gasteiger partial charge in [-0.05, 0) is 42.3 Å². The zero-order chi connectivity index (χ0) is 22.8. The molecule has 7 nitrogen and oxygen atoms in total. The topological polar surface area (TPSA) is 89.2 Å². The van der Waals surface area contributed by atoms with Gasteiger partial charge in [-0.2, -0.15) is 0 Å². The maximum Gasteiger partial charge on any atom is 0.291 e. The number of hydrogen-bond donors (Lipinski definition) is 2. The van der Waals surface area contributed by atoms with Crippen LogP contribution in [0.5, 0.6) is 0 Å². The van der Waals surface area contributed by atoms with Crippen LogP contribution in [0.1, 0.15) is 30.4 Å². The highest BCUT2D eigenvalue weighted by Crippen LogP contribution is 2.27. The number of imidazole rings is 1. The van der Waals surface area contributed by atoms with Crippen LogP contribution >= 0.6 is 0 Å². The van der Waals surface area contributed by atoms with Crippen LogP contribution in [0.4, 0.5) is 20.2 Å². The molecule has 164 valence electrons. The molecule has 2 N–H and O–H groups in total. The van der Waals surface area contributed by atoms with Crippen LogP contribution in [0.2, 0.25) is 0 Å². The maximum absolute atomic E-state index is 13.8. The second-order valence-electron chi connectivity index (χ2n) is 7.59. The lowest BCUT2D eigenvalue weighted by Gasteiger charge is -2.22. The van der Waals surface area contributed by atoms with Gasteiger partial charge in [-0.3, -0.25) is 9.59 Å². The number of furan rings is 1. The molecule has 4 aromatic rings. The molecule has 4 rings (SSSR count). The molecule has 0 radical (unpaired) electrons. The lowest BCUT2D eigenvalue weighted by molar-refractivity contribution is -0.120. The number of amides is 2. The summed E-state index contributed by atoms with van der Waals surface area (Å²) in [5.74, 6) is -2.70. The van der Waals surface area contributed by atoms with Gasteiger partial charge in [0.1, 0.15) is 6.04 Å². The number of nitrogens with zero attached hydrogens (tertiary/aromatic N) is 2. The van der Waals surface area contributed by atoms with Crippen molar-refractivity contribution in [1.29, 1.82) is 0 Å². The van der Waals surface area contributed by atoms with Gasteiger partial charge in [-0.15, -0.1) is 0 Å². The summed E-state index contributed by atoms with van der Waals surface area (Å²) in [7, 11) is 0. The summed E-state index contributed by atoms with van der Waals surface area (Å²) in [4.78, 5) is 29.2. The summed E-state index contributed by atoms with van der Waals surface area (Å²) < 4.78 is 33.9. The van der Waals surface area contributed by atoms with Crippen molar-refractivity contribution < 1.29 is 22.8 Å². The van der Waals surface area contributed by atoms with E-state index in [9.17, 15) is 18.4 Å². The predicted molar refractivity (Wildman–Crippen MR) is 115 cm³/mol. The van der Waals surface area contributed by atoms with E-state index in [1.165, 1.54) is 17.2 Å². The molecule has 2 heterocycles. The Labute approximate surface area is 182 Å². The fourth-order valence-electron chi connectivity index (χ4n) is 3.45. The summed E-state index contributed by atoms with van der Waals surface area (Å²) >= 11 is 0. The highest BCUT2D eigenvalue weighted by molar-refractivity contribution is 6.02. The normalized spacial score (nSPS) is 12.2. The van der Waals surface area contributed by atoms with Gasteiger partial charge in [0.2, 0.25) is 5.91 Å². The van der Waals surface area contributed by atoms with Gasteiger partial charge in [-0.1, -0.05) is 13.8 Å². The first-order chi connectivity index (χ1) is 15.3. The number of rotatable bonds is 6. The number of anilines is 2. The summed E-state index contributed by atoms with van der Waals surface area (Å²) in [6.07, 6.45) is 2.81. The number of hydrogen-bond acceptors (Lipinski definition) is 4. The van der Waals surface area contributed by atoms with E-state index in [-0.39, 0.29) is 29.0 Å². The smallest absolute Gasteiger partial charge is 0.291 e. The third-order valence-corrected chi connectivity index (χ3v) is 4.97. The number of carbonyl (C=O) groups excluding carboxylic acids is 2. The van der Waals surface area contributed by atoms with Crippen molar-refractivity contribution in [2.45, 2.75) is 19.9 Å². The van der Waals surface area contributed by atoms with E-state index in [2.05, 4.69) is 15.6 Å². The number of benzene rings is 2. The van der Waals surface area contributed by atoms with E-state index < -0.39 is 17.7 Å². The fraction of sp³-hybridized carbons (Fsp3) is 0.174. The average molecular weight is 438 g/mol. The molecule has 0 saturated carbocycles. The van der Waals surface area contributed by atoms with Crippen molar-refractivity contribution in [3.8, 4) is 0 Å². The van der Waals surface area contributed by atoms with Crippen molar-refractivity contribution in [2.75, 3.05) is 10.6 Å². The summed E-state index contributed by atoms with van der Waals surface area (Å²) in [6, 6.07) is 11.1. The van der Waals surface area contributed by atoms with Gasteiger partial charge in [0, 0.05) is 23.5 Å². The van der Waals surface area contributed by atoms with Crippen LogP contribution in [0.25, 0.3) is 11.0 Å². The van der Waals surface area contributed by atoms with E-state index >= 15 is 0 Å². The number of nitrogens with one attached hydrogen (secondary N) is 2. The highest BCUT2D eigenvalue weighted by atomic mass is 19.2. The monoisotopic (exact) mass is 438 g/mol. The van der Waals surface area contributed by atoms with E-state index in [4.69, 9.17) is 4.42 Å². The maximum atomic E-state index is 13.8. The molecule has 1 atom stereocenters. The van der Waals surface area contributed by atoms with E-state index in [1.807, 2.05) is 13.8 Å². The minimum Gasteiger partial charge on any atom is -0.459 e. The minimum absolute atomic E-state index is 0.160. The Balaban J connectivity index is 1.51. The summed E-state index contributed by atoms with van der Waals surface area (Å²) in [5.41, 5.74) is 1.63. The summed E-state index contributed by atoms with van der Waals surface area (Å²) in [5, 5.41) is 5.52. The van der Waals surface area contributed by atoms with Gasteiger partial charge in [0.15, 0.2) is 17.4 Å². The highest BCUT2D eigenvalue weighted by Gasteiger charge is 2.26. The summed E-state index contributed by atoms with van der Waals surface area (Å²) in [6.45, 7) is 3.70. The van der Waals surface area contributed by atoms with E-state index in [0.717, 1.165) is 12.1 Å². The fourth-order valence-corrected chi connectivity index (χ4v) is 3.45. The molecular formula is C23H20F2N4O3. The van der Waals surface area contributed by atoms with E-state index in [1.54, 1.807) is 36.4 Å². The molecule has 2 aromatic heterocycles. The first-order valence-electron chi connectivity index (χ1n) is 9.91. The largest absolute Gasteiger partial charge is 0.459 e. The van der Waals surface area contributed by atoms with Crippen LogP contribution in [0.3, 0.4) is 0 Å². The molecule has 32 heavy (non-hydrogen) atoms. The Hall–Kier alpha value is -4.01. The quantitative estimate of drug-likeness (QED) is 0.444. The Morgan fingerprint density at radius 2 is 1.66 bits per heavy atom. The second-order valence-corrected chi connectivity index (χ2v) is 7.59. The zero-order valence-electron chi connectivity index (χ0n) is 17.3. The molecule has 0 bridgehead atoms. The van der Waals surface area contributed by atoms with Gasteiger partial charge in [0.05, 0.1) is 23.6 Å². The predicted octanol–water partition coefficient (Wildman–Crippen LogP) is 5.00. The number of fused-ring (bicyclic) bond motifs is 1. The van der Waals surface area contributed by atoms with Crippen LogP contribution in [-0.2, 0) is 4.79 Å². The van der Waals surface area contributed by atoms with Crippen LogP contribution < -0.4 is 10.6 Å². The standard InChI is InChI=1S/C23H20F2N4O3/c1-13(2)21(29-12-26-18-10-16(24)17(25)11-19(18)29)23(31)28-15-7-5-14(6-8-15)27-22(30)20-4-3-9-32-20/h3-13,21H,1-2H3,(H,27,30)(H,28,31)/t21-/m1/s1. The molecule has 2 aromatic carbocycles. The lowest BCUT2D eigenvalue weighted by atomic mass is 10.0. The average Bonchev–Trinajstić information content (AvgIpc) is 3.41. The molecule has 2 amide bonds. The van der Waals surface area contributed by atoms with Gasteiger partial charge in [-0.25, -0.2) is 13.8 Å². The molecule has 0 spiro atoms. The Kier molecular flexibility index (Phi) is 5.72. The second kappa shape index (κ2) is 8.62. The number of carbonyl (C=O) groups is 2. The molecule has 0 aliphatic carbocycles. The van der Waals surface area contributed by atoms with Crippen molar-refractivity contribution >= 4 is 34.2 Å². The molecule has 9 heteroatoms. The van der Waals surface area contributed by atoms with Crippen LogP contribution in [0, 0.1) is 17.6 Å². The number of aromatic nitrogens is 2. The molecule has 0 fully saturated rings. The van der Waals surface area contributed by atoms with Crippen molar-refractivity contribution in [1.82, 2.24) is 9.55 Å². The molecule has 0 saturated heterocycles. The van der Waals surface area contributed by atoms with E-state index in [0.29, 0.717) is 16.9 Å². The molecule has 0 aliphatic heterocycles. The third kappa shape index (κ3) is 4.22. The Morgan fingerprint density at radius 1 is 1.00 bits per heavy atom. The van der Waals surface area contributed by atoms with Crippen molar-refractivity contribution in [3.05, 3.63) is 78.5 Å².